The molecule has 8 heteroatoms. The number of nitrogens with one attached hydrogen (secondary N) is 1. The lowest BCUT2D eigenvalue weighted by Crippen LogP contribution is -2.35. The molecular formula is C16H20N4O3S. The Bertz CT molecular complexity index is 846. The lowest BCUT2D eigenvalue weighted by Gasteiger charge is -2.35. The zero-order valence-corrected chi connectivity index (χ0v) is 14.2. The number of rotatable bonds is 4. The standard InChI is InChI=1S/C16H20N4O3S/c1-11(21)12-4-5-15(16(9-12)24(17,22)23)20-8-2-3-13(10-20)14-6-7-18-19-14/h4-7,9,13H,2-3,8,10H2,1H3,(H,18,19)(H2,17,22,23). The number of aromatic amines is 1. The molecule has 0 spiro atoms. The Morgan fingerprint density at radius 1 is 1.38 bits per heavy atom. The zero-order valence-electron chi connectivity index (χ0n) is 13.4. The van der Waals surface area contributed by atoms with Gasteiger partial charge in [0.15, 0.2) is 5.78 Å². The molecule has 1 aromatic carbocycles. The van der Waals surface area contributed by atoms with E-state index in [1.54, 1.807) is 18.3 Å². The van der Waals surface area contributed by atoms with E-state index in [0.29, 0.717) is 17.8 Å². The molecule has 2 heterocycles. The van der Waals surface area contributed by atoms with Gasteiger partial charge in [-0.3, -0.25) is 9.89 Å². The number of nitrogens with zero attached hydrogens (tertiary/aromatic N) is 2. The van der Waals surface area contributed by atoms with Crippen molar-refractivity contribution < 1.29 is 13.2 Å². The van der Waals surface area contributed by atoms with Crippen LogP contribution in [0.1, 0.15) is 41.7 Å². The summed E-state index contributed by atoms with van der Waals surface area (Å²) in [5.41, 5.74) is 1.92. The Labute approximate surface area is 140 Å². The van der Waals surface area contributed by atoms with E-state index >= 15 is 0 Å². The third-order valence-electron chi connectivity index (χ3n) is 4.40. The number of piperidine rings is 1. The van der Waals surface area contributed by atoms with Gasteiger partial charge in [-0.1, -0.05) is 0 Å². The number of carbonyl (C=O) groups excluding carboxylic acids is 1. The van der Waals surface area contributed by atoms with Crippen molar-refractivity contribution in [2.75, 3.05) is 18.0 Å². The van der Waals surface area contributed by atoms with E-state index < -0.39 is 10.0 Å². The third-order valence-corrected chi connectivity index (χ3v) is 5.34. The van der Waals surface area contributed by atoms with Gasteiger partial charge in [0, 0.05) is 36.5 Å². The topological polar surface area (TPSA) is 109 Å². The van der Waals surface area contributed by atoms with Crippen molar-refractivity contribution in [2.24, 2.45) is 5.14 Å². The minimum atomic E-state index is -3.92. The Kier molecular flexibility index (Phi) is 4.42. The van der Waals surface area contributed by atoms with Crippen molar-refractivity contribution >= 4 is 21.5 Å². The van der Waals surface area contributed by atoms with Gasteiger partial charge in [-0.15, -0.1) is 0 Å². The molecule has 24 heavy (non-hydrogen) atoms. The number of sulfonamides is 1. The molecular weight excluding hydrogens is 328 g/mol. The lowest BCUT2D eigenvalue weighted by atomic mass is 9.94. The van der Waals surface area contributed by atoms with E-state index in [1.807, 2.05) is 11.0 Å². The molecule has 0 saturated carbocycles. The van der Waals surface area contributed by atoms with Crippen molar-refractivity contribution in [3.63, 3.8) is 0 Å². The Hall–Kier alpha value is -2.19. The fraction of sp³-hybridized carbons (Fsp3) is 0.375. The van der Waals surface area contributed by atoms with Gasteiger partial charge in [0.1, 0.15) is 4.90 Å². The van der Waals surface area contributed by atoms with Crippen LogP contribution in [0, 0.1) is 0 Å². The molecule has 0 radical (unpaired) electrons. The highest BCUT2D eigenvalue weighted by Crippen LogP contribution is 2.32. The predicted octanol–water partition coefficient (Wildman–Crippen LogP) is 1.64. The summed E-state index contributed by atoms with van der Waals surface area (Å²) in [6, 6.07) is 6.62. The fourth-order valence-electron chi connectivity index (χ4n) is 3.17. The number of Topliss-reactive ketones (excluding diaryl/α,β-unsaturated/α-hetero) is 1. The van der Waals surface area contributed by atoms with Gasteiger partial charge < -0.3 is 4.90 Å². The van der Waals surface area contributed by atoms with Crippen LogP contribution in [0.5, 0.6) is 0 Å². The highest BCUT2D eigenvalue weighted by atomic mass is 32.2. The lowest BCUT2D eigenvalue weighted by molar-refractivity contribution is 0.101. The van der Waals surface area contributed by atoms with Crippen molar-refractivity contribution in [3.8, 4) is 0 Å². The molecule has 0 aliphatic carbocycles. The van der Waals surface area contributed by atoms with Gasteiger partial charge in [0.05, 0.1) is 5.69 Å². The summed E-state index contributed by atoms with van der Waals surface area (Å²) in [5, 5.41) is 12.4. The highest BCUT2D eigenvalue weighted by molar-refractivity contribution is 7.89. The summed E-state index contributed by atoms with van der Waals surface area (Å²) in [4.78, 5) is 13.6. The van der Waals surface area contributed by atoms with Crippen LogP contribution >= 0.6 is 0 Å². The summed E-state index contributed by atoms with van der Waals surface area (Å²) in [6.07, 6.45) is 3.66. The van der Waals surface area contributed by atoms with E-state index in [9.17, 15) is 13.2 Å². The number of ketones is 1. The molecule has 1 atom stereocenters. The number of H-pyrrole nitrogens is 1. The monoisotopic (exact) mass is 348 g/mol. The van der Waals surface area contributed by atoms with Crippen molar-refractivity contribution in [1.29, 1.82) is 0 Å². The second kappa shape index (κ2) is 6.37. The van der Waals surface area contributed by atoms with E-state index in [4.69, 9.17) is 5.14 Å². The molecule has 3 N–H and O–H groups in total. The number of hydrogen-bond acceptors (Lipinski definition) is 5. The maximum atomic E-state index is 12.0. The number of benzene rings is 1. The highest BCUT2D eigenvalue weighted by Gasteiger charge is 2.26. The van der Waals surface area contributed by atoms with Crippen LogP contribution < -0.4 is 10.0 Å². The molecule has 3 rings (SSSR count). The van der Waals surface area contributed by atoms with Crippen LogP contribution in [-0.4, -0.2) is 37.5 Å². The molecule has 1 unspecified atom stereocenters. The van der Waals surface area contributed by atoms with Crippen LogP contribution in [0.4, 0.5) is 5.69 Å². The molecule has 1 saturated heterocycles. The third kappa shape index (κ3) is 3.34. The first-order valence-corrected chi connectivity index (χ1v) is 9.33. The minimum Gasteiger partial charge on any atom is -0.370 e. The van der Waals surface area contributed by atoms with Crippen LogP contribution in [0.15, 0.2) is 35.4 Å². The fourth-order valence-corrected chi connectivity index (χ4v) is 3.95. The van der Waals surface area contributed by atoms with Crippen LogP contribution in [-0.2, 0) is 10.0 Å². The number of primary sulfonamides is 1. The molecule has 1 fully saturated rings. The normalized spacial score (nSPS) is 18.6. The SMILES string of the molecule is CC(=O)c1ccc(N2CCCC(c3ccn[nH]3)C2)c(S(N)(=O)=O)c1. The van der Waals surface area contributed by atoms with Gasteiger partial charge in [-0.2, -0.15) is 5.10 Å². The molecule has 0 amide bonds. The van der Waals surface area contributed by atoms with Gasteiger partial charge in [-0.05, 0) is 44.0 Å². The van der Waals surface area contributed by atoms with Crippen LogP contribution in [0.25, 0.3) is 0 Å². The van der Waals surface area contributed by atoms with E-state index in [2.05, 4.69) is 10.2 Å². The van der Waals surface area contributed by atoms with E-state index in [-0.39, 0.29) is 16.6 Å². The predicted molar refractivity (Wildman–Crippen MR) is 90.6 cm³/mol. The average Bonchev–Trinajstić information content (AvgIpc) is 3.08. The quantitative estimate of drug-likeness (QED) is 0.817. The van der Waals surface area contributed by atoms with Crippen molar-refractivity contribution in [2.45, 2.75) is 30.6 Å². The van der Waals surface area contributed by atoms with Crippen molar-refractivity contribution in [3.05, 3.63) is 41.7 Å². The second-order valence-corrected chi connectivity index (χ2v) is 7.61. The van der Waals surface area contributed by atoms with Crippen LogP contribution in [0.3, 0.4) is 0 Å². The van der Waals surface area contributed by atoms with Gasteiger partial charge in [0.25, 0.3) is 0 Å². The molecule has 128 valence electrons. The molecule has 1 aliphatic heterocycles. The summed E-state index contributed by atoms with van der Waals surface area (Å²) in [5.74, 6) is 0.0579. The zero-order chi connectivity index (χ0) is 17.3. The van der Waals surface area contributed by atoms with E-state index in [0.717, 1.165) is 25.1 Å². The Morgan fingerprint density at radius 3 is 2.79 bits per heavy atom. The maximum absolute atomic E-state index is 12.0. The van der Waals surface area contributed by atoms with Gasteiger partial charge >= 0.3 is 0 Å². The number of aromatic nitrogens is 2. The van der Waals surface area contributed by atoms with Gasteiger partial charge in [-0.25, -0.2) is 13.6 Å². The first-order valence-electron chi connectivity index (χ1n) is 7.78. The van der Waals surface area contributed by atoms with Crippen LogP contribution in [0.2, 0.25) is 0 Å². The molecule has 1 aliphatic rings. The number of hydrogen-bond donors (Lipinski definition) is 2. The summed E-state index contributed by atoms with van der Waals surface area (Å²) >= 11 is 0. The first kappa shape index (κ1) is 16.7. The first-order chi connectivity index (χ1) is 11.4. The number of anilines is 1. The Balaban J connectivity index is 1.97. The van der Waals surface area contributed by atoms with Gasteiger partial charge in [0.2, 0.25) is 10.0 Å². The second-order valence-electron chi connectivity index (χ2n) is 6.08. The Morgan fingerprint density at radius 2 is 2.17 bits per heavy atom. The van der Waals surface area contributed by atoms with Crippen molar-refractivity contribution in [1.82, 2.24) is 10.2 Å². The molecule has 1 aromatic heterocycles. The van der Waals surface area contributed by atoms with E-state index in [1.165, 1.54) is 13.0 Å². The number of nitrogens with two attached hydrogens (primary N) is 1. The summed E-state index contributed by atoms with van der Waals surface area (Å²) < 4.78 is 24.0. The largest absolute Gasteiger partial charge is 0.370 e. The molecule has 0 bridgehead atoms. The molecule has 2 aromatic rings. The summed E-state index contributed by atoms with van der Waals surface area (Å²) in [6.45, 7) is 2.81. The average molecular weight is 348 g/mol. The smallest absolute Gasteiger partial charge is 0.240 e. The number of carbonyl (C=O) groups is 1. The maximum Gasteiger partial charge on any atom is 0.240 e. The summed E-state index contributed by atoms with van der Waals surface area (Å²) in [7, 11) is -3.92. The minimum absolute atomic E-state index is 0.000427. The molecule has 7 nitrogen and oxygen atoms in total.